The number of hydrogen-bond donors (Lipinski definition) is 1. The van der Waals surface area contributed by atoms with E-state index in [1.165, 1.54) is 4.88 Å². The zero-order valence-corrected chi connectivity index (χ0v) is 14.1. The molecule has 3 rings (SSSR count). The van der Waals surface area contributed by atoms with Gasteiger partial charge in [0.15, 0.2) is 0 Å². The van der Waals surface area contributed by atoms with Crippen LogP contribution in [-0.4, -0.2) is 65.3 Å². The van der Waals surface area contributed by atoms with Crippen molar-refractivity contribution in [3.05, 3.63) is 22.4 Å². The summed E-state index contributed by atoms with van der Waals surface area (Å²) in [6.07, 6.45) is 0.294. The van der Waals surface area contributed by atoms with Crippen LogP contribution >= 0.6 is 23.1 Å². The molecule has 2 aliphatic heterocycles. The van der Waals surface area contributed by atoms with Crippen molar-refractivity contribution in [3.63, 3.8) is 0 Å². The Bertz CT molecular complexity index is 515. The third-order valence-corrected chi connectivity index (χ3v) is 5.92. The highest BCUT2D eigenvalue weighted by Gasteiger charge is 2.33. The Kier molecular flexibility index (Phi) is 5.38. The second-order valence-electron chi connectivity index (χ2n) is 5.55. The van der Waals surface area contributed by atoms with Gasteiger partial charge in [0.25, 0.3) is 0 Å². The van der Waals surface area contributed by atoms with Gasteiger partial charge in [-0.1, -0.05) is 6.07 Å². The molecule has 0 saturated carbocycles. The Hall–Kier alpha value is -1.05. The Balaban J connectivity index is 1.64. The first-order valence-corrected chi connectivity index (χ1v) is 9.67. The van der Waals surface area contributed by atoms with E-state index in [0.29, 0.717) is 13.0 Å². The van der Waals surface area contributed by atoms with Crippen molar-refractivity contribution in [1.82, 2.24) is 15.1 Å². The van der Waals surface area contributed by atoms with Crippen molar-refractivity contribution in [2.75, 3.05) is 37.7 Å². The van der Waals surface area contributed by atoms with E-state index in [1.807, 2.05) is 28.1 Å². The minimum Gasteiger partial charge on any atom is -0.353 e. The number of rotatable bonds is 4. The number of nitrogens with zero attached hydrogens (tertiary/aromatic N) is 2. The van der Waals surface area contributed by atoms with Gasteiger partial charge in [0.1, 0.15) is 0 Å². The van der Waals surface area contributed by atoms with E-state index in [-0.39, 0.29) is 17.9 Å². The van der Waals surface area contributed by atoms with Crippen LogP contribution in [0.15, 0.2) is 17.5 Å². The van der Waals surface area contributed by atoms with E-state index in [0.717, 1.165) is 37.7 Å². The predicted molar refractivity (Wildman–Crippen MR) is 90.0 cm³/mol. The average molecular weight is 339 g/mol. The maximum absolute atomic E-state index is 12.5. The zero-order chi connectivity index (χ0) is 15.4. The molecule has 2 aliphatic rings. The summed E-state index contributed by atoms with van der Waals surface area (Å²) in [5, 5.41) is 4.94. The number of hydrogen-bond acceptors (Lipinski definition) is 5. The predicted octanol–water partition coefficient (Wildman–Crippen LogP) is 1.01. The summed E-state index contributed by atoms with van der Waals surface area (Å²) in [7, 11) is 0. The van der Waals surface area contributed by atoms with Crippen LogP contribution in [0.2, 0.25) is 0 Å². The summed E-state index contributed by atoms with van der Waals surface area (Å²) in [5.41, 5.74) is 0. The number of nitrogens with one attached hydrogen (secondary N) is 1. The minimum atomic E-state index is -0.335. The lowest BCUT2D eigenvalue weighted by Crippen LogP contribution is -2.56. The molecular weight excluding hydrogens is 318 g/mol. The monoisotopic (exact) mass is 339 g/mol. The van der Waals surface area contributed by atoms with E-state index < -0.39 is 0 Å². The first-order chi connectivity index (χ1) is 10.7. The molecule has 1 aromatic heterocycles. The van der Waals surface area contributed by atoms with Crippen molar-refractivity contribution in [1.29, 1.82) is 0 Å². The van der Waals surface area contributed by atoms with E-state index in [2.05, 4.69) is 16.3 Å². The van der Waals surface area contributed by atoms with Gasteiger partial charge in [-0.25, -0.2) is 0 Å². The summed E-state index contributed by atoms with van der Waals surface area (Å²) in [6.45, 7) is 3.83. The molecule has 0 radical (unpaired) electrons. The number of carbonyl (C=O) groups excluding carboxylic acids is 2. The highest BCUT2D eigenvalue weighted by Crippen LogP contribution is 2.19. The largest absolute Gasteiger partial charge is 0.353 e. The second kappa shape index (κ2) is 7.48. The van der Waals surface area contributed by atoms with Crippen molar-refractivity contribution >= 4 is 34.9 Å². The molecule has 5 nitrogen and oxygen atoms in total. The van der Waals surface area contributed by atoms with Gasteiger partial charge in [0.2, 0.25) is 11.8 Å². The molecule has 22 heavy (non-hydrogen) atoms. The van der Waals surface area contributed by atoms with Gasteiger partial charge in [-0.05, 0) is 11.4 Å². The molecule has 1 atom stereocenters. The van der Waals surface area contributed by atoms with Crippen LogP contribution in [0.5, 0.6) is 0 Å². The normalized spacial score (nSPS) is 23.4. The fourth-order valence-corrected chi connectivity index (χ4v) is 4.52. The molecule has 0 spiro atoms. The highest BCUT2D eigenvalue weighted by molar-refractivity contribution is 7.99. The summed E-state index contributed by atoms with van der Waals surface area (Å²) in [6, 6.07) is 3.77. The highest BCUT2D eigenvalue weighted by atomic mass is 32.2. The molecule has 2 fully saturated rings. The minimum absolute atomic E-state index is 0.0115. The SMILES string of the molecule is O=C1NCCN(Cc2cccs2)[C@H]1CC(=O)N1CCSCC1. The molecule has 1 aromatic rings. The molecule has 0 bridgehead atoms. The third kappa shape index (κ3) is 3.83. The average Bonchev–Trinajstić information content (AvgIpc) is 3.04. The lowest BCUT2D eigenvalue weighted by atomic mass is 10.1. The lowest BCUT2D eigenvalue weighted by Gasteiger charge is -2.36. The van der Waals surface area contributed by atoms with Crippen LogP contribution in [-0.2, 0) is 16.1 Å². The fraction of sp³-hybridized carbons (Fsp3) is 0.600. The van der Waals surface area contributed by atoms with Gasteiger partial charge in [0.05, 0.1) is 12.5 Å². The van der Waals surface area contributed by atoms with Gasteiger partial charge < -0.3 is 10.2 Å². The molecule has 3 heterocycles. The first kappa shape index (κ1) is 15.8. The summed E-state index contributed by atoms with van der Waals surface area (Å²) >= 11 is 3.58. The summed E-state index contributed by atoms with van der Waals surface area (Å²) in [5.74, 6) is 2.10. The van der Waals surface area contributed by atoms with Crippen molar-refractivity contribution in [2.45, 2.75) is 19.0 Å². The Morgan fingerprint density at radius 1 is 1.32 bits per heavy atom. The molecule has 2 amide bonds. The van der Waals surface area contributed by atoms with Crippen LogP contribution in [0.3, 0.4) is 0 Å². The Morgan fingerprint density at radius 2 is 2.14 bits per heavy atom. The van der Waals surface area contributed by atoms with Gasteiger partial charge >= 0.3 is 0 Å². The van der Waals surface area contributed by atoms with E-state index in [1.54, 1.807) is 11.3 Å². The summed E-state index contributed by atoms with van der Waals surface area (Å²) in [4.78, 5) is 30.0. The number of thiophene rings is 1. The number of thioether (sulfide) groups is 1. The smallest absolute Gasteiger partial charge is 0.237 e. The van der Waals surface area contributed by atoms with Crippen molar-refractivity contribution in [2.24, 2.45) is 0 Å². The quantitative estimate of drug-likeness (QED) is 0.890. The van der Waals surface area contributed by atoms with Crippen molar-refractivity contribution in [3.8, 4) is 0 Å². The van der Waals surface area contributed by atoms with Crippen LogP contribution in [0, 0.1) is 0 Å². The topological polar surface area (TPSA) is 52.7 Å². The number of carbonyl (C=O) groups is 2. The van der Waals surface area contributed by atoms with Gasteiger partial charge in [0, 0.05) is 49.1 Å². The molecule has 0 aromatic carbocycles. The zero-order valence-electron chi connectivity index (χ0n) is 12.5. The lowest BCUT2D eigenvalue weighted by molar-refractivity contribution is -0.138. The maximum atomic E-state index is 12.5. The third-order valence-electron chi connectivity index (χ3n) is 4.11. The molecule has 120 valence electrons. The van der Waals surface area contributed by atoms with Crippen molar-refractivity contribution < 1.29 is 9.59 Å². The molecule has 2 saturated heterocycles. The first-order valence-electron chi connectivity index (χ1n) is 7.64. The van der Waals surface area contributed by atoms with E-state index in [9.17, 15) is 9.59 Å². The fourth-order valence-electron chi connectivity index (χ4n) is 2.88. The summed E-state index contributed by atoms with van der Waals surface area (Å²) < 4.78 is 0. The number of amides is 2. The van der Waals surface area contributed by atoms with Crippen LogP contribution in [0.25, 0.3) is 0 Å². The molecule has 1 N–H and O–H groups in total. The molecule has 0 aliphatic carbocycles. The molecular formula is C15H21N3O2S2. The van der Waals surface area contributed by atoms with Gasteiger partial charge in [-0.3, -0.25) is 14.5 Å². The van der Waals surface area contributed by atoms with Crippen LogP contribution in [0.4, 0.5) is 0 Å². The Labute approximate surface area is 139 Å². The van der Waals surface area contributed by atoms with Crippen LogP contribution in [0.1, 0.15) is 11.3 Å². The van der Waals surface area contributed by atoms with Crippen LogP contribution < -0.4 is 5.32 Å². The standard InChI is InChI=1S/C15H21N3O2S2/c19-14(17-5-8-21-9-6-17)10-13-15(20)16-3-4-18(13)11-12-2-1-7-22-12/h1-2,7,13H,3-6,8-11H2,(H,16,20)/t13-/m0/s1. The molecule has 0 unspecified atom stereocenters. The Morgan fingerprint density at radius 3 is 2.86 bits per heavy atom. The van der Waals surface area contributed by atoms with Gasteiger partial charge in [-0.2, -0.15) is 11.8 Å². The number of piperazine rings is 1. The maximum Gasteiger partial charge on any atom is 0.237 e. The second-order valence-corrected chi connectivity index (χ2v) is 7.81. The molecule has 7 heteroatoms. The van der Waals surface area contributed by atoms with E-state index >= 15 is 0 Å². The van der Waals surface area contributed by atoms with E-state index in [4.69, 9.17) is 0 Å². The van der Waals surface area contributed by atoms with Gasteiger partial charge in [-0.15, -0.1) is 11.3 Å².